The van der Waals surface area contributed by atoms with Gasteiger partial charge >= 0.3 is 0 Å². The van der Waals surface area contributed by atoms with Crippen LogP contribution in [0.25, 0.3) is 0 Å². The third kappa shape index (κ3) is 2.89. The van der Waals surface area contributed by atoms with Gasteiger partial charge in [-0.05, 0) is 12.1 Å². The number of sulfonamides is 1. The number of nitrogens with two attached hydrogens (primary N) is 1. The van der Waals surface area contributed by atoms with Gasteiger partial charge in [-0.2, -0.15) is 4.31 Å². The van der Waals surface area contributed by atoms with Crippen molar-refractivity contribution >= 4 is 27.3 Å². The molecule has 1 aromatic carbocycles. The van der Waals surface area contributed by atoms with Gasteiger partial charge in [0.25, 0.3) is 0 Å². The molecule has 112 valence electrons. The molecule has 0 amide bonds. The summed E-state index contributed by atoms with van der Waals surface area (Å²) in [6, 6.07) is 1.87. The number of rotatable bonds is 3. The molecule has 1 fully saturated rings. The number of nitrogen functional groups attached to an aromatic ring is 1. The van der Waals surface area contributed by atoms with Crippen molar-refractivity contribution in [2.45, 2.75) is 11.0 Å². The molecule has 0 aromatic heterocycles. The summed E-state index contributed by atoms with van der Waals surface area (Å²) in [6.45, 7) is 0.0168. The molecule has 1 unspecified atom stereocenters. The molecule has 1 heterocycles. The minimum absolute atomic E-state index is 0.00639. The predicted octanol–water partition coefficient (Wildman–Crippen LogP) is 0.443. The number of morpholine rings is 1. The van der Waals surface area contributed by atoms with E-state index in [0.717, 1.165) is 16.4 Å². The van der Waals surface area contributed by atoms with Gasteiger partial charge in [0, 0.05) is 13.1 Å². The van der Waals surface area contributed by atoms with Crippen LogP contribution in [0.3, 0.4) is 0 Å². The Morgan fingerprint density at radius 2 is 2.25 bits per heavy atom. The van der Waals surface area contributed by atoms with E-state index < -0.39 is 21.9 Å². The van der Waals surface area contributed by atoms with Gasteiger partial charge < -0.3 is 15.6 Å². The molecule has 2 rings (SSSR count). The van der Waals surface area contributed by atoms with Gasteiger partial charge in [0.1, 0.15) is 10.7 Å². The summed E-state index contributed by atoms with van der Waals surface area (Å²) >= 11 is 5.79. The van der Waals surface area contributed by atoms with Crippen LogP contribution in [0.2, 0.25) is 5.02 Å². The lowest BCUT2D eigenvalue weighted by Gasteiger charge is -2.31. The van der Waals surface area contributed by atoms with E-state index in [1.54, 1.807) is 0 Å². The molecule has 3 N–H and O–H groups in total. The van der Waals surface area contributed by atoms with Crippen LogP contribution in [0.15, 0.2) is 17.0 Å². The first-order valence-electron chi connectivity index (χ1n) is 5.83. The first-order chi connectivity index (χ1) is 9.36. The summed E-state index contributed by atoms with van der Waals surface area (Å²) in [6.07, 6.45) is -0.588. The molecule has 0 saturated carbocycles. The zero-order valence-corrected chi connectivity index (χ0v) is 12.0. The lowest BCUT2D eigenvalue weighted by molar-refractivity contribution is -0.0304. The molecule has 1 saturated heterocycles. The van der Waals surface area contributed by atoms with E-state index in [-0.39, 0.29) is 41.9 Å². The molecular weight excluding hydrogens is 311 g/mol. The highest BCUT2D eigenvalue weighted by Crippen LogP contribution is 2.29. The van der Waals surface area contributed by atoms with Gasteiger partial charge in [0.05, 0.1) is 30.0 Å². The fourth-order valence-electron chi connectivity index (χ4n) is 1.90. The standard InChI is InChI=1S/C11H14ClFN2O4S/c12-8-3-9(13)10(14)4-11(8)20(17,18)15-1-2-19-7(5-15)6-16/h3-4,7,16H,1-2,5-6,14H2. The number of hydrogen-bond acceptors (Lipinski definition) is 5. The zero-order valence-electron chi connectivity index (χ0n) is 10.4. The molecule has 9 heteroatoms. The Bertz CT molecular complexity index is 611. The summed E-state index contributed by atoms with van der Waals surface area (Å²) < 4.78 is 44.5. The summed E-state index contributed by atoms with van der Waals surface area (Å²) in [5.74, 6) is -0.774. The summed E-state index contributed by atoms with van der Waals surface area (Å²) in [7, 11) is -3.91. The Balaban J connectivity index is 2.37. The summed E-state index contributed by atoms with van der Waals surface area (Å²) in [4.78, 5) is -0.253. The van der Waals surface area contributed by atoms with Gasteiger partial charge in [-0.1, -0.05) is 11.6 Å². The van der Waals surface area contributed by atoms with E-state index in [1.807, 2.05) is 0 Å². The van der Waals surface area contributed by atoms with Crippen LogP contribution < -0.4 is 5.73 Å². The van der Waals surface area contributed by atoms with Crippen molar-refractivity contribution in [2.75, 3.05) is 32.0 Å². The van der Waals surface area contributed by atoms with Crippen molar-refractivity contribution < 1.29 is 22.7 Å². The van der Waals surface area contributed by atoms with Crippen molar-refractivity contribution in [2.24, 2.45) is 0 Å². The predicted molar refractivity (Wildman–Crippen MR) is 71.4 cm³/mol. The average molecular weight is 325 g/mol. The zero-order chi connectivity index (χ0) is 14.9. The van der Waals surface area contributed by atoms with Crippen LogP contribution in [0, 0.1) is 5.82 Å². The Hall–Kier alpha value is -0.930. The number of ether oxygens (including phenoxy) is 1. The van der Waals surface area contributed by atoms with Gasteiger partial charge in [0.2, 0.25) is 10.0 Å². The Labute approximate surface area is 120 Å². The van der Waals surface area contributed by atoms with Crippen LogP contribution in [0.4, 0.5) is 10.1 Å². The highest BCUT2D eigenvalue weighted by atomic mass is 35.5. The van der Waals surface area contributed by atoms with Gasteiger partial charge in [0.15, 0.2) is 0 Å². The van der Waals surface area contributed by atoms with E-state index >= 15 is 0 Å². The summed E-state index contributed by atoms with van der Waals surface area (Å²) in [5.41, 5.74) is 5.10. The number of aliphatic hydroxyl groups is 1. The first kappa shape index (κ1) is 15.5. The van der Waals surface area contributed by atoms with E-state index in [2.05, 4.69) is 0 Å². The largest absolute Gasteiger partial charge is 0.396 e. The molecular formula is C11H14ClFN2O4S. The molecule has 6 nitrogen and oxygen atoms in total. The molecule has 20 heavy (non-hydrogen) atoms. The third-order valence-corrected chi connectivity index (χ3v) is 5.30. The molecule has 0 aliphatic carbocycles. The number of anilines is 1. The molecule has 1 aliphatic heterocycles. The molecule has 1 atom stereocenters. The van der Waals surface area contributed by atoms with Crippen LogP contribution in [-0.2, 0) is 14.8 Å². The van der Waals surface area contributed by atoms with Gasteiger partial charge in [-0.15, -0.1) is 0 Å². The van der Waals surface area contributed by atoms with Crippen molar-refractivity contribution in [1.82, 2.24) is 4.31 Å². The number of aliphatic hydroxyl groups excluding tert-OH is 1. The summed E-state index contributed by atoms with van der Waals surface area (Å²) in [5, 5.41) is 8.81. The SMILES string of the molecule is Nc1cc(S(=O)(=O)N2CCOC(CO)C2)c(Cl)cc1F. The van der Waals surface area contributed by atoms with E-state index in [4.69, 9.17) is 27.2 Å². The highest BCUT2D eigenvalue weighted by molar-refractivity contribution is 7.89. The highest BCUT2D eigenvalue weighted by Gasteiger charge is 2.32. The van der Waals surface area contributed by atoms with Crippen molar-refractivity contribution in [1.29, 1.82) is 0 Å². The second-order valence-corrected chi connectivity index (χ2v) is 6.66. The first-order valence-corrected chi connectivity index (χ1v) is 7.65. The van der Waals surface area contributed by atoms with Crippen LogP contribution in [-0.4, -0.2) is 50.2 Å². The van der Waals surface area contributed by atoms with Gasteiger partial charge in [-0.25, -0.2) is 12.8 Å². The van der Waals surface area contributed by atoms with Crippen LogP contribution in [0.1, 0.15) is 0 Å². The lowest BCUT2D eigenvalue weighted by Crippen LogP contribution is -2.46. The van der Waals surface area contributed by atoms with Gasteiger partial charge in [-0.3, -0.25) is 0 Å². The molecule has 0 radical (unpaired) electrons. The number of halogens is 2. The fourth-order valence-corrected chi connectivity index (χ4v) is 3.88. The van der Waals surface area contributed by atoms with Crippen LogP contribution >= 0.6 is 11.6 Å². The van der Waals surface area contributed by atoms with Crippen molar-refractivity contribution in [3.05, 3.63) is 23.0 Å². The third-order valence-electron chi connectivity index (χ3n) is 2.97. The fraction of sp³-hybridized carbons (Fsp3) is 0.455. The van der Waals surface area contributed by atoms with E-state index in [0.29, 0.717) is 0 Å². The molecule has 0 bridgehead atoms. The smallest absolute Gasteiger partial charge is 0.244 e. The van der Waals surface area contributed by atoms with Crippen molar-refractivity contribution in [3.63, 3.8) is 0 Å². The second-order valence-electron chi connectivity index (χ2n) is 4.34. The maximum Gasteiger partial charge on any atom is 0.244 e. The monoisotopic (exact) mass is 324 g/mol. The minimum atomic E-state index is -3.91. The van der Waals surface area contributed by atoms with E-state index in [1.165, 1.54) is 0 Å². The maximum absolute atomic E-state index is 13.2. The van der Waals surface area contributed by atoms with Crippen molar-refractivity contribution in [3.8, 4) is 0 Å². The Morgan fingerprint density at radius 3 is 2.90 bits per heavy atom. The quantitative estimate of drug-likeness (QED) is 0.787. The number of benzene rings is 1. The molecule has 1 aliphatic rings. The average Bonchev–Trinajstić information content (AvgIpc) is 2.42. The Kier molecular flexibility index (Phi) is 4.50. The minimum Gasteiger partial charge on any atom is -0.396 e. The van der Waals surface area contributed by atoms with E-state index in [9.17, 15) is 12.8 Å². The lowest BCUT2D eigenvalue weighted by atomic mass is 10.3. The Morgan fingerprint density at radius 1 is 1.55 bits per heavy atom. The molecule has 1 aromatic rings. The maximum atomic E-state index is 13.2. The number of nitrogens with zero attached hydrogens (tertiary/aromatic N) is 1. The topological polar surface area (TPSA) is 92.9 Å². The normalized spacial score (nSPS) is 21.1. The second kappa shape index (κ2) is 5.82. The number of hydrogen-bond donors (Lipinski definition) is 2. The van der Waals surface area contributed by atoms with Crippen LogP contribution in [0.5, 0.6) is 0 Å². The molecule has 0 spiro atoms.